The Bertz CT molecular complexity index is 604. The fraction of sp³-hybridized carbons (Fsp3) is 0.588. The molecule has 1 saturated heterocycles. The van der Waals surface area contributed by atoms with Crippen LogP contribution in [0, 0.1) is 10.1 Å². The number of halogens is 1. The second-order valence-electron chi connectivity index (χ2n) is 5.84. The van der Waals surface area contributed by atoms with Crippen molar-refractivity contribution in [2.24, 2.45) is 0 Å². The van der Waals surface area contributed by atoms with Crippen LogP contribution in [0.1, 0.15) is 24.2 Å². The van der Waals surface area contributed by atoms with Gasteiger partial charge in [-0.1, -0.05) is 13.8 Å². The van der Waals surface area contributed by atoms with Gasteiger partial charge >= 0.3 is 0 Å². The van der Waals surface area contributed by atoms with Crippen LogP contribution in [0.25, 0.3) is 0 Å². The molecule has 9 heteroatoms. The quantitative estimate of drug-likeness (QED) is 0.542. The van der Waals surface area contributed by atoms with Crippen LogP contribution in [0.4, 0.5) is 11.4 Å². The Kier molecular flexibility index (Phi) is 9.32. The predicted octanol–water partition coefficient (Wildman–Crippen LogP) is 1.92. The molecule has 0 saturated carbocycles. The second-order valence-corrected chi connectivity index (χ2v) is 5.84. The van der Waals surface area contributed by atoms with Crippen LogP contribution >= 0.6 is 12.4 Å². The van der Waals surface area contributed by atoms with Gasteiger partial charge in [0.1, 0.15) is 5.69 Å². The summed E-state index contributed by atoms with van der Waals surface area (Å²) in [5.74, 6) is -0.288. The molecule has 0 unspecified atom stereocenters. The van der Waals surface area contributed by atoms with Crippen molar-refractivity contribution in [3.8, 4) is 0 Å². The highest BCUT2D eigenvalue weighted by atomic mass is 35.5. The summed E-state index contributed by atoms with van der Waals surface area (Å²) in [6.07, 6.45) is 0. The minimum absolute atomic E-state index is 0. The van der Waals surface area contributed by atoms with E-state index in [9.17, 15) is 14.9 Å². The normalized spacial score (nSPS) is 14.0. The monoisotopic (exact) mass is 386 g/mol. The zero-order valence-corrected chi connectivity index (χ0v) is 16.1. The standard InChI is InChI=1S/C17H26N4O4.ClH/c1-3-19(4-2)8-7-18-17(22)14-5-6-15(16(13-14)21(23)24)20-9-11-25-12-10-20;/h5-6,13H,3-4,7-12H2,1-2H3,(H,18,22);1H. The molecule has 1 amide bonds. The van der Waals surface area contributed by atoms with Gasteiger partial charge in [0.05, 0.1) is 18.1 Å². The SMILES string of the molecule is CCN(CC)CCNC(=O)c1ccc(N2CCOCC2)c([N+](=O)[O-])c1.Cl. The predicted molar refractivity (Wildman–Crippen MR) is 103 cm³/mol. The van der Waals surface area contributed by atoms with Crippen molar-refractivity contribution in [2.75, 3.05) is 57.4 Å². The molecule has 1 fully saturated rings. The molecule has 1 heterocycles. The molecule has 0 spiro atoms. The van der Waals surface area contributed by atoms with Gasteiger partial charge in [0, 0.05) is 37.8 Å². The zero-order chi connectivity index (χ0) is 18.2. The number of nitrogens with zero attached hydrogens (tertiary/aromatic N) is 3. The summed E-state index contributed by atoms with van der Waals surface area (Å²) in [5.41, 5.74) is 0.801. The summed E-state index contributed by atoms with van der Waals surface area (Å²) < 4.78 is 5.29. The number of carbonyl (C=O) groups is 1. The largest absolute Gasteiger partial charge is 0.378 e. The van der Waals surface area contributed by atoms with Crippen molar-refractivity contribution in [1.82, 2.24) is 10.2 Å². The number of anilines is 1. The van der Waals surface area contributed by atoms with Gasteiger partial charge in [-0.3, -0.25) is 14.9 Å². The molecule has 146 valence electrons. The number of amides is 1. The molecule has 0 radical (unpaired) electrons. The van der Waals surface area contributed by atoms with E-state index in [0.717, 1.165) is 19.6 Å². The number of benzene rings is 1. The highest BCUT2D eigenvalue weighted by Gasteiger charge is 2.23. The Morgan fingerprint density at radius 3 is 2.54 bits per heavy atom. The number of likely N-dealkylation sites (N-methyl/N-ethyl adjacent to an activating group) is 1. The Morgan fingerprint density at radius 1 is 1.31 bits per heavy atom. The van der Waals surface area contributed by atoms with Gasteiger partial charge in [0.25, 0.3) is 11.6 Å². The van der Waals surface area contributed by atoms with Crippen molar-refractivity contribution in [3.63, 3.8) is 0 Å². The van der Waals surface area contributed by atoms with Crippen molar-refractivity contribution in [2.45, 2.75) is 13.8 Å². The van der Waals surface area contributed by atoms with Crippen molar-refractivity contribution in [3.05, 3.63) is 33.9 Å². The fourth-order valence-corrected chi connectivity index (χ4v) is 2.85. The van der Waals surface area contributed by atoms with Gasteiger partial charge in [0.2, 0.25) is 0 Å². The number of ether oxygens (including phenoxy) is 1. The molecule has 0 aliphatic carbocycles. The van der Waals surface area contributed by atoms with Crippen LogP contribution in [-0.4, -0.2) is 68.2 Å². The molecule has 8 nitrogen and oxygen atoms in total. The van der Waals surface area contributed by atoms with E-state index in [1.807, 2.05) is 4.90 Å². The third kappa shape index (κ3) is 5.82. The zero-order valence-electron chi connectivity index (χ0n) is 15.3. The van der Waals surface area contributed by atoms with Crippen LogP contribution in [0.15, 0.2) is 18.2 Å². The maximum Gasteiger partial charge on any atom is 0.293 e. The fourth-order valence-electron chi connectivity index (χ4n) is 2.85. The van der Waals surface area contributed by atoms with Gasteiger partial charge < -0.3 is 19.9 Å². The Morgan fingerprint density at radius 2 is 1.96 bits per heavy atom. The Balaban J connectivity index is 0.00000338. The molecule has 0 bridgehead atoms. The number of morpholine rings is 1. The molecule has 26 heavy (non-hydrogen) atoms. The minimum Gasteiger partial charge on any atom is -0.378 e. The average Bonchev–Trinajstić information content (AvgIpc) is 2.65. The van der Waals surface area contributed by atoms with Crippen LogP contribution in [0.5, 0.6) is 0 Å². The maximum atomic E-state index is 12.3. The summed E-state index contributed by atoms with van der Waals surface area (Å²) in [6, 6.07) is 4.66. The smallest absolute Gasteiger partial charge is 0.293 e. The molecular weight excluding hydrogens is 360 g/mol. The van der Waals surface area contributed by atoms with E-state index >= 15 is 0 Å². The van der Waals surface area contributed by atoms with E-state index in [1.165, 1.54) is 6.07 Å². The molecule has 1 aliphatic heterocycles. The van der Waals surface area contributed by atoms with E-state index in [1.54, 1.807) is 12.1 Å². The topological polar surface area (TPSA) is 88.0 Å². The molecule has 1 aromatic carbocycles. The van der Waals surface area contributed by atoms with E-state index in [4.69, 9.17) is 4.74 Å². The van der Waals surface area contributed by atoms with Crippen LogP contribution in [-0.2, 0) is 4.74 Å². The second kappa shape index (κ2) is 10.9. The summed E-state index contributed by atoms with van der Waals surface area (Å²) in [7, 11) is 0. The third-order valence-electron chi connectivity index (χ3n) is 4.39. The number of carbonyl (C=O) groups excluding carboxylic acids is 1. The van der Waals surface area contributed by atoms with Crippen LogP contribution < -0.4 is 10.2 Å². The number of nitro benzene ring substituents is 1. The van der Waals surface area contributed by atoms with Crippen LogP contribution in [0.2, 0.25) is 0 Å². The molecule has 0 aromatic heterocycles. The number of rotatable bonds is 8. The van der Waals surface area contributed by atoms with Gasteiger partial charge in [-0.05, 0) is 25.2 Å². The molecule has 1 N–H and O–H groups in total. The van der Waals surface area contributed by atoms with Crippen molar-refractivity contribution in [1.29, 1.82) is 0 Å². The van der Waals surface area contributed by atoms with Gasteiger partial charge in [0.15, 0.2) is 0 Å². The van der Waals surface area contributed by atoms with E-state index in [-0.39, 0.29) is 24.0 Å². The van der Waals surface area contributed by atoms with Gasteiger partial charge in [-0.15, -0.1) is 12.4 Å². The number of hydrogen-bond donors (Lipinski definition) is 1. The first-order chi connectivity index (χ1) is 12.1. The lowest BCUT2D eigenvalue weighted by atomic mass is 10.1. The summed E-state index contributed by atoms with van der Waals surface area (Å²) in [6.45, 7) is 9.56. The minimum atomic E-state index is -0.433. The van der Waals surface area contributed by atoms with E-state index < -0.39 is 4.92 Å². The lowest BCUT2D eigenvalue weighted by molar-refractivity contribution is -0.384. The highest BCUT2D eigenvalue weighted by molar-refractivity contribution is 5.95. The summed E-state index contributed by atoms with van der Waals surface area (Å²) in [4.78, 5) is 27.4. The number of hydrogen-bond acceptors (Lipinski definition) is 6. The molecule has 1 aliphatic rings. The summed E-state index contributed by atoms with van der Waals surface area (Å²) >= 11 is 0. The van der Waals surface area contributed by atoms with Gasteiger partial charge in [-0.25, -0.2) is 0 Å². The highest BCUT2D eigenvalue weighted by Crippen LogP contribution is 2.29. The first kappa shape index (κ1) is 22.1. The van der Waals surface area contributed by atoms with Gasteiger partial charge in [-0.2, -0.15) is 0 Å². The summed E-state index contributed by atoms with van der Waals surface area (Å²) in [5, 5.41) is 14.3. The Hall–Kier alpha value is -1.90. The van der Waals surface area contributed by atoms with E-state index in [2.05, 4.69) is 24.1 Å². The lowest BCUT2D eigenvalue weighted by Crippen LogP contribution is -2.37. The number of nitro groups is 1. The maximum absolute atomic E-state index is 12.3. The van der Waals surface area contributed by atoms with E-state index in [0.29, 0.717) is 44.1 Å². The Labute approximate surface area is 160 Å². The number of nitrogens with one attached hydrogen (secondary N) is 1. The third-order valence-corrected chi connectivity index (χ3v) is 4.39. The molecule has 1 aromatic rings. The lowest BCUT2D eigenvalue weighted by Gasteiger charge is -2.28. The average molecular weight is 387 g/mol. The molecule has 2 rings (SSSR count). The molecular formula is C17H27ClN4O4. The van der Waals surface area contributed by atoms with Crippen molar-refractivity contribution < 1.29 is 14.5 Å². The first-order valence-corrected chi connectivity index (χ1v) is 8.68. The van der Waals surface area contributed by atoms with Crippen molar-refractivity contribution >= 4 is 29.7 Å². The first-order valence-electron chi connectivity index (χ1n) is 8.68. The molecule has 0 atom stereocenters. The van der Waals surface area contributed by atoms with Crippen LogP contribution in [0.3, 0.4) is 0 Å².